The van der Waals surface area contributed by atoms with Crippen LogP contribution in [0.3, 0.4) is 0 Å². The van der Waals surface area contributed by atoms with Gasteiger partial charge in [-0.2, -0.15) is 0 Å². The largest absolute Gasteiger partial charge is 0.462 e. The van der Waals surface area contributed by atoms with Crippen molar-refractivity contribution in [2.24, 2.45) is 0 Å². The molecule has 0 spiro atoms. The van der Waals surface area contributed by atoms with Crippen molar-refractivity contribution >= 4 is 17.9 Å². The summed E-state index contributed by atoms with van der Waals surface area (Å²) in [5, 5.41) is 0. The summed E-state index contributed by atoms with van der Waals surface area (Å²) in [5.41, 5.74) is 0. The predicted molar refractivity (Wildman–Crippen MR) is 274 cm³/mol. The number of carbonyl (C=O) groups is 3. The van der Waals surface area contributed by atoms with Gasteiger partial charge in [0.2, 0.25) is 0 Å². The molecule has 1 unspecified atom stereocenters. The molecule has 64 heavy (non-hydrogen) atoms. The molecule has 0 aliphatic heterocycles. The molecule has 0 rings (SSSR count). The van der Waals surface area contributed by atoms with Crippen LogP contribution in [-0.4, -0.2) is 37.2 Å². The van der Waals surface area contributed by atoms with Crippen molar-refractivity contribution in [3.05, 3.63) is 85.1 Å². The average molecular weight is 891 g/mol. The highest BCUT2D eigenvalue weighted by Gasteiger charge is 2.19. The second kappa shape index (κ2) is 52.2. The van der Waals surface area contributed by atoms with E-state index >= 15 is 0 Å². The van der Waals surface area contributed by atoms with E-state index < -0.39 is 6.10 Å². The smallest absolute Gasteiger partial charge is 0.306 e. The minimum absolute atomic E-state index is 0.0898. The normalized spacial score (nSPS) is 12.7. The molecule has 0 heterocycles. The number of esters is 3. The van der Waals surface area contributed by atoms with Gasteiger partial charge in [0.1, 0.15) is 13.2 Å². The predicted octanol–water partition coefficient (Wildman–Crippen LogP) is 17.6. The van der Waals surface area contributed by atoms with Crippen LogP contribution in [0.25, 0.3) is 0 Å². The molecule has 6 heteroatoms. The van der Waals surface area contributed by atoms with E-state index in [1.807, 2.05) is 0 Å². The molecule has 6 nitrogen and oxygen atoms in total. The van der Waals surface area contributed by atoms with Gasteiger partial charge in [-0.25, -0.2) is 0 Å². The van der Waals surface area contributed by atoms with E-state index in [9.17, 15) is 14.4 Å². The number of allylic oxidation sites excluding steroid dienone is 14. The summed E-state index contributed by atoms with van der Waals surface area (Å²) < 4.78 is 16.8. The highest BCUT2D eigenvalue weighted by molar-refractivity contribution is 5.71. The van der Waals surface area contributed by atoms with Crippen LogP contribution in [0.2, 0.25) is 0 Å². The van der Waals surface area contributed by atoms with Crippen molar-refractivity contribution in [1.82, 2.24) is 0 Å². The summed E-state index contributed by atoms with van der Waals surface area (Å²) in [7, 11) is 0. The third-order valence-electron chi connectivity index (χ3n) is 11.1. The number of hydrogen-bond acceptors (Lipinski definition) is 6. The first-order valence-corrected chi connectivity index (χ1v) is 26.6. The van der Waals surface area contributed by atoms with Crippen LogP contribution in [0.1, 0.15) is 245 Å². The van der Waals surface area contributed by atoms with E-state index in [0.717, 1.165) is 109 Å². The first-order chi connectivity index (χ1) is 31.5. The number of rotatable bonds is 47. The van der Waals surface area contributed by atoms with E-state index in [1.54, 1.807) is 0 Å². The molecule has 1 atom stereocenters. The molecule has 0 aliphatic carbocycles. The zero-order valence-corrected chi connectivity index (χ0v) is 41.8. The Hall–Kier alpha value is -3.41. The second-order valence-corrected chi connectivity index (χ2v) is 17.4. The van der Waals surface area contributed by atoms with Crippen molar-refractivity contribution in [2.45, 2.75) is 252 Å². The Bertz CT molecular complexity index is 1250. The van der Waals surface area contributed by atoms with Gasteiger partial charge in [-0.3, -0.25) is 14.4 Å². The van der Waals surface area contributed by atoms with Crippen LogP contribution in [0.15, 0.2) is 85.1 Å². The summed E-state index contributed by atoms with van der Waals surface area (Å²) in [6.45, 7) is 6.38. The maximum atomic E-state index is 12.8. The lowest BCUT2D eigenvalue weighted by molar-refractivity contribution is -0.167. The highest BCUT2D eigenvalue weighted by atomic mass is 16.6. The Morgan fingerprint density at radius 1 is 0.328 bits per heavy atom. The monoisotopic (exact) mass is 891 g/mol. The summed E-state index contributed by atoms with van der Waals surface area (Å²) in [6, 6.07) is 0. The summed E-state index contributed by atoms with van der Waals surface area (Å²) in [6.07, 6.45) is 67.1. The van der Waals surface area contributed by atoms with Crippen LogP contribution in [-0.2, 0) is 28.6 Å². The molecule has 0 aliphatic rings. The van der Waals surface area contributed by atoms with Crippen LogP contribution in [0.5, 0.6) is 0 Å². The Labute approximate surface area is 395 Å². The van der Waals surface area contributed by atoms with Gasteiger partial charge >= 0.3 is 17.9 Å². The van der Waals surface area contributed by atoms with Crippen molar-refractivity contribution in [1.29, 1.82) is 0 Å². The van der Waals surface area contributed by atoms with E-state index in [2.05, 4.69) is 106 Å². The van der Waals surface area contributed by atoms with E-state index in [4.69, 9.17) is 14.2 Å². The molecule has 0 fully saturated rings. The Morgan fingerprint density at radius 3 is 0.969 bits per heavy atom. The molecule has 0 N–H and O–H groups in total. The maximum Gasteiger partial charge on any atom is 0.306 e. The fourth-order valence-corrected chi connectivity index (χ4v) is 7.21. The zero-order chi connectivity index (χ0) is 46.5. The molecule has 0 saturated carbocycles. The van der Waals surface area contributed by atoms with Crippen molar-refractivity contribution < 1.29 is 28.6 Å². The summed E-state index contributed by atoms with van der Waals surface area (Å²) in [4.78, 5) is 38.0. The number of carbonyl (C=O) groups excluding carboxylic acids is 3. The first-order valence-electron chi connectivity index (χ1n) is 26.6. The lowest BCUT2D eigenvalue weighted by atomic mass is 10.1. The summed E-state index contributed by atoms with van der Waals surface area (Å²) >= 11 is 0. The third-order valence-corrected chi connectivity index (χ3v) is 11.1. The van der Waals surface area contributed by atoms with Crippen LogP contribution in [0.4, 0.5) is 0 Å². The van der Waals surface area contributed by atoms with Crippen molar-refractivity contribution in [2.75, 3.05) is 13.2 Å². The number of ether oxygens (including phenoxy) is 3. The minimum atomic E-state index is -0.793. The van der Waals surface area contributed by atoms with E-state index in [0.29, 0.717) is 19.3 Å². The highest BCUT2D eigenvalue weighted by Crippen LogP contribution is 2.15. The van der Waals surface area contributed by atoms with Gasteiger partial charge in [-0.15, -0.1) is 0 Å². The molecule has 0 amide bonds. The zero-order valence-electron chi connectivity index (χ0n) is 41.8. The molecule has 0 bridgehead atoms. The van der Waals surface area contributed by atoms with Gasteiger partial charge in [-0.1, -0.05) is 221 Å². The molecule has 0 aromatic heterocycles. The fourth-order valence-electron chi connectivity index (χ4n) is 7.21. The van der Waals surface area contributed by atoms with Crippen LogP contribution in [0, 0.1) is 0 Å². The van der Waals surface area contributed by atoms with Gasteiger partial charge < -0.3 is 14.2 Å². The number of hydrogen-bond donors (Lipinski definition) is 0. The molecule has 366 valence electrons. The minimum Gasteiger partial charge on any atom is -0.462 e. The second-order valence-electron chi connectivity index (χ2n) is 17.4. The van der Waals surface area contributed by atoms with Crippen LogP contribution < -0.4 is 0 Å². The lowest BCUT2D eigenvalue weighted by Crippen LogP contribution is -2.30. The standard InChI is InChI=1S/C58H98O6/c1-4-7-10-13-16-19-22-24-26-28-29-30-32-33-36-39-42-45-48-51-57(60)63-54-55(53-62-56(59)50-47-44-41-38-35-21-18-15-12-9-6-3)64-58(61)52-49-46-43-40-37-34-31-27-25-23-20-17-14-11-8-5-2/h7-8,10-11,16-17,19-20,24-27,34,37,55H,4-6,9,12-15,18,21-23,28-33,35-36,38-54H2,1-3H3/b10-7-,11-8-,19-16-,20-17-,26-24-,27-25-,37-34-. The molecule has 0 radical (unpaired) electrons. The molecular formula is C58H98O6. The molecular weight excluding hydrogens is 793 g/mol. The Morgan fingerprint density at radius 2 is 0.609 bits per heavy atom. The van der Waals surface area contributed by atoms with E-state index in [1.165, 1.54) is 96.3 Å². The average Bonchev–Trinajstić information content (AvgIpc) is 3.29. The van der Waals surface area contributed by atoms with E-state index in [-0.39, 0.29) is 31.1 Å². The van der Waals surface area contributed by atoms with Gasteiger partial charge in [0.05, 0.1) is 0 Å². The molecule has 0 aromatic carbocycles. The fraction of sp³-hybridized carbons (Fsp3) is 0.707. The third kappa shape index (κ3) is 49.6. The van der Waals surface area contributed by atoms with Gasteiger partial charge in [0.15, 0.2) is 6.10 Å². The lowest BCUT2D eigenvalue weighted by Gasteiger charge is -2.18. The van der Waals surface area contributed by atoms with Crippen molar-refractivity contribution in [3.63, 3.8) is 0 Å². The van der Waals surface area contributed by atoms with Gasteiger partial charge in [-0.05, 0) is 89.9 Å². The first kappa shape index (κ1) is 60.6. The van der Waals surface area contributed by atoms with Gasteiger partial charge in [0.25, 0.3) is 0 Å². The molecule has 0 aromatic rings. The van der Waals surface area contributed by atoms with Gasteiger partial charge in [0, 0.05) is 19.3 Å². The summed E-state index contributed by atoms with van der Waals surface area (Å²) in [5.74, 6) is -0.926. The quantitative estimate of drug-likeness (QED) is 0.0262. The molecule has 0 saturated heterocycles. The SMILES string of the molecule is CC/C=C\C/C=C\C/C=C\C/C=C\CCCCCC(=O)OC(COC(=O)CCCCCCCCCCC/C=C\C/C=C\C/C=C\CC)COC(=O)CCCCCCCCCCCCC. The van der Waals surface area contributed by atoms with Crippen molar-refractivity contribution in [3.8, 4) is 0 Å². The number of unbranched alkanes of at least 4 members (excludes halogenated alkanes) is 22. The Balaban J connectivity index is 4.40. The Kier molecular flexibility index (Phi) is 49.4. The topological polar surface area (TPSA) is 78.9 Å². The maximum absolute atomic E-state index is 12.8. The van der Waals surface area contributed by atoms with Crippen LogP contribution >= 0.6 is 0 Å².